The number of amides is 2. The molecular formula is C23H16N4O6S2. The number of aromatic nitrogens is 1. The predicted octanol–water partition coefficient (Wildman–Crippen LogP) is 4.39. The number of thiazole rings is 1. The van der Waals surface area contributed by atoms with E-state index in [1.807, 2.05) is 0 Å². The molecule has 0 aliphatic carbocycles. The molecule has 1 heterocycles. The molecule has 0 aliphatic heterocycles. The molecule has 4 rings (SSSR count). The first-order valence-electron chi connectivity index (χ1n) is 9.97. The van der Waals surface area contributed by atoms with Crippen LogP contribution in [0.2, 0.25) is 0 Å². The van der Waals surface area contributed by atoms with Gasteiger partial charge in [-0.1, -0.05) is 35.6 Å². The van der Waals surface area contributed by atoms with E-state index < -0.39 is 20.7 Å². The van der Waals surface area contributed by atoms with E-state index in [4.69, 9.17) is 0 Å². The van der Waals surface area contributed by atoms with E-state index in [0.29, 0.717) is 11.3 Å². The Morgan fingerprint density at radius 2 is 1.51 bits per heavy atom. The SMILES string of the molecule is O=C(Nc1cccc(C(=O)Nc2ncc(S(=O)(=O)c3ccc([N+](=O)[O-])cc3)s2)c1)c1ccccc1. The van der Waals surface area contributed by atoms with Crippen molar-refractivity contribution in [2.24, 2.45) is 0 Å². The summed E-state index contributed by atoms with van der Waals surface area (Å²) in [5.74, 6) is -0.876. The molecule has 4 aromatic rings. The zero-order chi connectivity index (χ0) is 25.0. The second-order valence-corrected chi connectivity index (χ2v) is 10.3. The molecule has 0 bridgehead atoms. The molecular weight excluding hydrogens is 492 g/mol. The highest BCUT2D eigenvalue weighted by molar-refractivity contribution is 7.93. The lowest BCUT2D eigenvalue weighted by molar-refractivity contribution is -0.384. The minimum atomic E-state index is -3.97. The van der Waals surface area contributed by atoms with E-state index in [1.54, 1.807) is 42.5 Å². The number of hydrogen-bond donors (Lipinski definition) is 2. The average Bonchev–Trinajstić information content (AvgIpc) is 3.34. The zero-order valence-electron chi connectivity index (χ0n) is 17.7. The number of nitrogens with zero attached hydrogens (tertiary/aromatic N) is 2. The van der Waals surface area contributed by atoms with E-state index in [1.165, 1.54) is 12.1 Å². The minimum Gasteiger partial charge on any atom is -0.322 e. The Labute approximate surface area is 203 Å². The number of sulfone groups is 1. The topological polar surface area (TPSA) is 148 Å². The van der Waals surface area contributed by atoms with E-state index in [2.05, 4.69) is 15.6 Å². The van der Waals surface area contributed by atoms with Crippen LogP contribution < -0.4 is 10.6 Å². The van der Waals surface area contributed by atoms with Crippen molar-refractivity contribution in [3.8, 4) is 0 Å². The second-order valence-electron chi connectivity index (χ2n) is 7.09. The molecule has 0 aliphatic rings. The summed E-state index contributed by atoms with van der Waals surface area (Å²) < 4.78 is 25.5. The Hall–Kier alpha value is -4.42. The van der Waals surface area contributed by atoms with Gasteiger partial charge in [0.15, 0.2) is 5.13 Å². The predicted molar refractivity (Wildman–Crippen MR) is 129 cm³/mol. The number of anilines is 2. The summed E-state index contributed by atoms with van der Waals surface area (Å²) in [5.41, 5.74) is 0.869. The van der Waals surface area contributed by atoms with Crippen molar-refractivity contribution < 1.29 is 22.9 Å². The van der Waals surface area contributed by atoms with Crippen molar-refractivity contribution >= 4 is 49.5 Å². The highest BCUT2D eigenvalue weighted by Gasteiger charge is 2.22. The molecule has 3 aromatic carbocycles. The van der Waals surface area contributed by atoms with Gasteiger partial charge in [-0.05, 0) is 42.5 Å². The standard InChI is InChI=1S/C23H16N4O6S2/c28-21(15-5-2-1-3-6-15)25-17-8-4-7-16(13-17)22(29)26-23-24-14-20(34-23)35(32,33)19-11-9-18(10-12-19)27(30)31/h1-14H,(H,25,28)(H,24,26,29). The normalized spacial score (nSPS) is 11.0. The average molecular weight is 509 g/mol. The lowest BCUT2D eigenvalue weighted by atomic mass is 10.1. The van der Waals surface area contributed by atoms with Gasteiger partial charge in [0.1, 0.15) is 4.21 Å². The Morgan fingerprint density at radius 3 is 2.20 bits per heavy atom. The molecule has 0 fully saturated rings. The van der Waals surface area contributed by atoms with Gasteiger partial charge in [0, 0.05) is 28.9 Å². The fraction of sp³-hybridized carbons (Fsp3) is 0. The monoisotopic (exact) mass is 508 g/mol. The zero-order valence-corrected chi connectivity index (χ0v) is 19.4. The van der Waals surface area contributed by atoms with E-state index >= 15 is 0 Å². The summed E-state index contributed by atoms with van der Waals surface area (Å²) in [6.45, 7) is 0. The van der Waals surface area contributed by atoms with E-state index in [9.17, 15) is 28.1 Å². The second kappa shape index (κ2) is 9.83. The van der Waals surface area contributed by atoms with Gasteiger partial charge in [-0.2, -0.15) is 0 Å². The summed E-state index contributed by atoms with van der Waals surface area (Å²) in [6.07, 6.45) is 1.10. The molecule has 1 aromatic heterocycles. The summed E-state index contributed by atoms with van der Waals surface area (Å²) in [6, 6.07) is 19.3. The smallest absolute Gasteiger partial charge is 0.269 e. The molecule has 12 heteroatoms. The largest absolute Gasteiger partial charge is 0.322 e. The molecule has 0 saturated carbocycles. The summed E-state index contributed by atoms with van der Waals surface area (Å²) in [4.78, 5) is 39.0. The fourth-order valence-electron chi connectivity index (χ4n) is 3.00. The molecule has 2 N–H and O–H groups in total. The minimum absolute atomic E-state index is 0.0502. The lowest BCUT2D eigenvalue weighted by Crippen LogP contribution is -2.14. The van der Waals surface area contributed by atoms with Crippen molar-refractivity contribution in [2.45, 2.75) is 9.10 Å². The molecule has 0 unspecified atom stereocenters. The number of carbonyl (C=O) groups excluding carboxylic acids is 2. The maximum absolute atomic E-state index is 12.8. The third kappa shape index (κ3) is 5.39. The maximum atomic E-state index is 12.8. The molecule has 0 spiro atoms. The molecule has 0 radical (unpaired) electrons. The maximum Gasteiger partial charge on any atom is 0.269 e. The van der Waals surface area contributed by atoms with Crippen LogP contribution in [0, 0.1) is 10.1 Å². The lowest BCUT2D eigenvalue weighted by Gasteiger charge is -2.07. The first-order valence-corrected chi connectivity index (χ1v) is 12.3. The van der Waals surface area contributed by atoms with Crippen LogP contribution in [-0.2, 0) is 9.84 Å². The Kier molecular flexibility index (Phi) is 6.66. The number of rotatable bonds is 7. The number of hydrogen-bond acceptors (Lipinski definition) is 8. The Morgan fingerprint density at radius 1 is 0.857 bits per heavy atom. The number of nitro groups is 1. The summed E-state index contributed by atoms with van der Waals surface area (Å²) in [7, 11) is -3.97. The highest BCUT2D eigenvalue weighted by atomic mass is 32.2. The van der Waals surface area contributed by atoms with Gasteiger partial charge in [-0.3, -0.25) is 25.0 Å². The third-order valence-corrected chi connectivity index (χ3v) is 7.89. The molecule has 10 nitrogen and oxygen atoms in total. The van der Waals surface area contributed by atoms with E-state index in [0.717, 1.165) is 41.8 Å². The van der Waals surface area contributed by atoms with Crippen LogP contribution in [0.5, 0.6) is 0 Å². The van der Waals surface area contributed by atoms with Crippen molar-refractivity contribution in [1.82, 2.24) is 4.98 Å². The Bertz CT molecular complexity index is 1520. The van der Waals surface area contributed by atoms with Crippen molar-refractivity contribution in [3.05, 3.63) is 106 Å². The highest BCUT2D eigenvalue weighted by Crippen LogP contribution is 2.29. The van der Waals surface area contributed by atoms with Gasteiger partial charge in [0.25, 0.3) is 17.5 Å². The molecule has 176 valence electrons. The van der Waals surface area contributed by atoms with Crippen LogP contribution in [0.25, 0.3) is 0 Å². The molecule has 2 amide bonds. The first-order chi connectivity index (χ1) is 16.7. The van der Waals surface area contributed by atoms with Crippen LogP contribution in [0.15, 0.2) is 94.2 Å². The van der Waals surface area contributed by atoms with Crippen LogP contribution >= 0.6 is 11.3 Å². The van der Waals surface area contributed by atoms with Gasteiger partial charge in [-0.25, -0.2) is 13.4 Å². The van der Waals surface area contributed by atoms with Crippen LogP contribution in [0.3, 0.4) is 0 Å². The first kappa shape index (κ1) is 23.7. The number of benzene rings is 3. The van der Waals surface area contributed by atoms with Crippen molar-refractivity contribution in [1.29, 1.82) is 0 Å². The van der Waals surface area contributed by atoms with Crippen molar-refractivity contribution in [2.75, 3.05) is 10.6 Å². The van der Waals surface area contributed by atoms with Crippen LogP contribution in [-0.4, -0.2) is 30.1 Å². The molecule has 0 saturated heterocycles. The number of nitro benzene ring substituents is 1. The molecule has 35 heavy (non-hydrogen) atoms. The van der Waals surface area contributed by atoms with Gasteiger partial charge in [0.2, 0.25) is 9.84 Å². The quantitative estimate of drug-likeness (QED) is 0.278. The van der Waals surface area contributed by atoms with Gasteiger partial charge >= 0.3 is 0 Å². The molecule has 0 atom stereocenters. The third-order valence-electron chi connectivity index (χ3n) is 4.75. The van der Waals surface area contributed by atoms with Gasteiger partial charge in [-0.15, -0.1) is 0 Å². The summed E-state index contributed by atoms with van der Waals surface area (Å²) in [5, 5.41) is 16.1. The van der Waals surface area contributed by atoms with E-state index in [-0.39, 0.29) is 31.4 Å². The van der Waals surface area contributed by atoms with Gasteiger partial charge < -0.3 is 5.32 Å². The number of non-ortho nitro benzene ring substituents is 1. The fourth-order valence-corrected chi connectivity index (χ4v) is 5.43. The van der Waals surface area contributed by atoms with Crippen LogP contribution in [0.4, 0.5) is 16.5 Å². The number of nitrogens with one attached hydrogen (secondary N) is 2. The van der Waals surface area contributed by atoms with Crippen LogP contribution in [0.1, 0.15) is 20.7 Å². The Balaban J connectivity index is 1.47. The summed E-state index contributed by atoms with van der Waals surface area (Å²) >= 11 is 0.746. The number of carbonyl (C=O) groups is 2. The van der Waals surface area contributed by atoms with Gasteiger partial charge in [0.05, 0.1) is 16.0 Å². The van der Waals surface area contributed by atoms with Crippen molar-refractivity contribution in [3.63, 3.8) is 0 Å².